The second-order valence-electron chi connectivity index (χ2n) is 4.13. The number of likely N-dealkylation sites (tertiary alicyclic amines) is 1. The van der Waals surface area contributed by atoms with Crippen molar-refractivity contribution in [1.29, 1.82) is 0 Å². The summed E-state index contributed by atoms with van der Waals surface area (Å²) in [7, 11) is 1.73. The zero-order valence-electron chi connectivity index (χ0n) is 9.76. The van der Waals surface area contributed by atoms with Gasteiger partial charge in [-0.1, -0.05) is 0 Å². The first kappa shape index (κ1) is 15.0. The molecular formula is C10H18F2IN2O2-. The van der Waals surface area contributed by atoms with Gasteiger partial charge < -0.3 is 0 Å². The number of hydrogen-bond acceptors (Lipinski definition) is 3. The van der Waals surface area contributed by atoms with Crippen molar-refractivity contribution in [2.24, 2.45) is 0 Å². The van der Waals surface area contributed by atoms with Gasteiger partial charge in [-0.2, -0.15) is 0 Å². The zero-order chi connectivity index (χ0) is 12.9. The third kappa shape index (κ3) is 5.43. The maximum absolute atomic E-state index is 13.1. The summed E-state index contributed by atoms with van der Waals surface area (Å²) in [5.74, 6) is -3.43. The predicted molar refractivity (Wildman–Crippen MR) is 55.7 cm³/mol. The summed E-state index contributed by atoms with van der Waals surface area (Å²) in [5, 5.41) is 8.96. The summed E-state index contributed by atoms with van der Waals surface area (Å²) in [6.45, 7) is 0.880. The van der Waals surface area contributed by atoms with E-state index in [1.807, 2.05) is 0 Å². The molecule has 1 heterocycles. The quantitative estimate of drug-likeness (QED) is 0.319. The molecule has 102 valence electrons. The number of hydrogen-bond donors (Lipinski definition) is 2. The molecule has 17 heavy (non-hydrogen) atoms. The van der Waals surface area contributed by atoms with Gasteiger partial charge in [0, 0.05) is 0 Å². The van der Waals surface area contributed by atoms with Gasteiger partial charge in [0.05, 0.1) is 0 Å². The van der Waals surface area contributed by atoms with Crippen molar-refractivity contribution in [3.63, 3.8) is 0 Å². The van der Waals surface area contributed by atoms with Crippen LogP contribution in [0, 0.1) is 0 Å². The molecule has 0 amide bonds. The van der Waals surface area contributed by atoms with Crippen LogP contribution in [-0.4, -0.2) is 52.5 Å². The molecule has 7 heteroatoms. The Morgan fingerprint density at radius 2 is 2.35 bits per heavy atom. The molecule has 0 bridgehead atoms. The van der Waals surface area contributed by atoms with Gasteiger partial charge in [-0.15, -0.1) is 0 Å². The average molecular weight is 363 g/mol. The monoisotopic (exact) mass is 363 g/mol. The van der Waals surface area contributed by atoms with Crippen LogP contribution >= 0.6 is 0 Å². The van der Waals surface area contributed by atoms with E-state index in [4.69, 9.17) is 5.11 Å². The van der Waals surface area contributed by atoms with Crippen molar-refractivity contribution >= 4 is 5.97 Å². The Kier molecular flexibility index (Phi) is 6.01. The number of alkyl halides is 3. The molecule has 1 atom stereocenters. The van der Waals surface area contributed by atoms with Crippen LogP contribution in [0.1, 0.15) is 19.3 Å². The molecule has 0 spiro atoms. The fraction of sp³-hybridized carbons (Fsp3) is 0.900. The van der Waals surface area contributed by atoms with Crippen molar-refractivity contribution in [2.45, 2.75) is 29.1 Å². The Hall–Kier alpha value is -0.0200. The fourth-order valence-corrected chi connectivity index (χ4v) is 3.50. The van der Waals surface area contributed by atoms with Gasteiger partial charge in [-0.05, 0) is 0 Å². The number of nitrogens with one attached hydrogen (secondary N) is 1. The SMILES string of the molecule is CN[I-][C@@H](CCN1CCCC(F)(F)C1)C(=O)O. The zero-order valence-corrected chi connectivity index (χ0v) is 11.9. The normalized spacial score (nSPS) is 22.5. The molecule has 0 aromatic heterocycles. The van der Waals surface area contributed by atoms with Crippen LogP contribution in [0.25, 0.3) is 0 Å². The van der Waals surface area contributed by atoms with Crippen LogP contribution in [0.4, 0.5) is 8.78 Å². The summed E-state index contributed by atoms with van der Waals surface area (Å²) in [4.78, 5) is 12.6. The number of halogens is 3. The summed E-state index contributed by atoms with van der Waals surface area (Å²) >= 11 is -0.595. The second kappa shape index (κ2) is 6.79. The van der Waals surface area contributed by atoms with Gasteiger partial charge in [-0.3, -0.25) is 0 Å². The summed E-state index contributed by atoms with van der Waals surface area (Å²) in [6, 6.07) is 0. The van der Waals surface area contributed by atoms with Crippen LogP contribution in [0.5, 0.6) is 0 Å². The number of nitrogens with zero attached hydrogens (tertiary/aromatic N) is 1. The van der Waals surface area contributed by atoms with Crippen molar-refractivity contribution in [2.75, 3.05) is 26.7 Å². The topological polar surface area (TPSA) is 52.6 Å². The van der Waals surface area contributed by atoms with Gasteiger partial charge in [0.2, 0.25) is 0 Å². The molecule has 2 N–H and O–H groups in total. The molecule has 0 saturated carbocycles. The molecule has 0 unspecified atom stereocenters. The Labute approximate surface area is 110 Å². The van der Waals surface area contributed by atoms with E-state index >= 15 is 0 Å². The molecular weight excluding hydrogens is 345 g/mol. The fourth-order valence-electron chi connectivity index (χ4n) is 1.89. The summed E-state index contributed by atoms with van der Waals surface area (Å²) in [5.41, 5.74) is 0. The third-order valence-electron chi connectivity index (χ3n) is 2.68. The molecule has 1 saturated heterocycles. The Bertz CT molecular complexity index is 267. The minimum atomic E-state index is -2.60. The van der Waals surface area contributed by atoms with Gasteiger partial charge in [0.15, 0.2) is 0 Å². The van der Waals surface area contributed by atoms with E-state index in [1.54, 1.807) is 11.9 Å². The van der Waals surface area contributed by atoms with Crippen LogP contribution in [0.2, 0.25) is 0 Å². The van der Waals surface area contributed by atoms with E-state index in [2.05, 4.69) is 3.53 Å². The number of carboxylic acids is 1. The first-order chi connectivity index (χ1) is 7.94. The third-order valence-corrected chi connectivity index (χ3v) is 5.21. The van der Waals surface area contributed by atoms with Gasteiger partial charge in [0.1, 0.15) is 0 Å². The molecule has 1 rings (SSSR count). The minimum absolute atomic E-state index is 0.0463. The summed E-state index contributed by atoms with van der Waals surface area (Å²) in [6.07, 6.45) is 0.903. The van der Waals surface area contributed by atoms with Gasteiger partial charge in [-0.25, -0.2) is 0 Å². The first-order valence-electron chi connectivity index (χ1n) is 5.57. The molecule has 0 radical (unpaired) electrons. The van der Waals surface area contributed by atoms with Crippen molar-refractivity contribution < 1.29 is 40.2 Å². The Balaban J connectivity index is 2.35. The van der Waals surface area contributed by atoms with E-state index in [-0.39, 0.29) is 13.0 Å². The number of aliphatic carboxylic acids is 1. The van der Waals surface area contributed by atoms with E-state index in [0.717, 1.165) is 0 Å². The van der Waals surface area contributed by atoms with E-state index in [0.29, 0.717) is 25.9 Å². The van der Waals surface area contributed by atoms with E-state index in [1.165, 1.54) is 0 Å². The standard InChI is InChI=1S/C10H18F2IN2O2/c1-14-13-8(9(16)17)3-6-15-5-2-4-10(11,12)7-15/h8,14H,2-7H2,1H3,(H,16,17)/q-1/t8-/m0/s1. The maximum atomic E-state index is 13.1. The number of piperidine rings is 1. The molecule has 1 aliphatic heterocycles. The average Bonchev–Trinajstić information content (AvgIpc) is 2.22. The Morgan fingerprint density at radius 3 is 2.88 bits per heavy atom. The van der Waals surface area contributed by atoms with Crippen LogP contribution in [0.15, 0.2) is 0 Å². The van der Waals surface area contributed by atoms with E-state index < -0.39 is 37.3 Å². The molecule has 0 aromatic rings. The molecule has 0 aromatic carbocycles. The van der Waals surface area contributed by atoms with Gasteiger partial charge >= 0.3 is 110 Å². The number of carboxylic acid groups (broad SMARTS) is 1. The van der Waals surface area contributed by atoms with Crippen molar-refractivity contribution in [3.8, 4) is 0 Å². The molecule has 4 nitrogen and oxygen atoms in total. The summed E-state index contributed by atoms with van der Waals surface area (Å²) < 4.78 is 28.8. The molecule has 1 aliphatic rings. The predicted octanol–water partition coefficient (Wildman–Crippen LogP) is -2.22. The Morgan fingerprint density at radius 1 is 1.65 bits per heavy atom. The first-order valence-corrected chi connectivity index (χ1v) is 7.89. The van der Waals surface area contributed by atoms with Crippen LogP contribution < -0.4 is 25.0 Å². The van der Waals surface area contributed by atoms with E-state index in [9.17, 15) is 13.6 Å². The van der Waals surface area contributed by atoms with Crippen molar-refractivity contribution in [3.05, 3.63) is 0 Å². The number of carbonyl (C=O) groups is 1. The van der Waals surface area contributed by atoms with Crippen LogP contribution in [0.3, 0.4) is 0 Å². The molecule has 1 fully saturated rings. The van der Waals surface area contributed by atoms with Gasteiger partial charge in [0.25, 0.3) is 0 Å². The second-order valence-corrected chi connectivity index (χ2v) is 7.33. The van der Waals surface area contributed by atoms with Crippen molar-refractivity contribution in [1.82, 2.24) is 8.43 Å². The van der Waals surface area contributed by atoms with Crippen LogP contribution in [-0.2, 0) is 4.79 Å². The number of rotatable bonds is 6. The molecule has 0 aliphatic carbocycles.